The fraction of sp³-hybridized carbons (Fsp3) is 0.538. The molecule has 2 atom stereocenters. The molecule has 1 aromatic rings. The van der Waals surface area contributed by atoms with Crippen molar-refractivity contribution in [2.75, 3.05) is 6.54 Å². The van der Waals surface area contributed by atoms with E-state index in [1.165, 1.54) is 12.0 Å². The molecule has 1 fully saturated rings. The highest BCUT2D eigenvalue weighted by Crippen LogP contribution is 2.12. The fourth-order valence-corrected chi connectivity index (χ4v) is 2.29. The van der Waals surface area contributed by atoms with Crippen molar-refractivity contribution in [3.63, 3.8) is 0 Å². The van der Waals surface area contributed by atoms with Crippen molar-refractivity contribution < 1.29 is 0 Å². The van der Waals surface area contributed by atoms with E-state index < -0.39 is 0 Å². The van der Waals surface area contributed by atoms with Crippen molar-refractivity contribution in [2.45, 2.75) is 37.8 Å². The molecule has 0 aliphatic carbocycles. The molecule has 0 amide bonds. The van der Waals surface area contributed by atoms with Crippen LogP contribution < -0.4 is 11.1 Å². The van der Waals surface area contributed by atoms with Crippen molar-refractivity contribution in [1.29, 1.82) is 0 Å². The minimum Gasteiger partial charge on any atom is -0.328 e. The topological polar surface area (TPSA) is 38.0 Å². The first-order valence-electron chi connectivity index (χ1n) is 5.87. The van der Waals surface area contributed by atoms with E-state index in [2.05, 4.69) is 35.6 Å². The van der Waals surface area contributed by atoms with Crippen LogP contribution in [0.1, 0.15) is 24.8 Å². The van der Waals surface area contributed by atoms with E-state index in [9.17, 15) is 0 Å². The van der Waals surface area contributed by atoms with Crippen LogP contribution in [0, 0.1) is 0 Å². The van der Waals surface area contributed by atoms with Gasteiger partial charge in [0.15, 0.2) is 0 Å². The monoisotopic (exact) mass is 204 g/mol. The largest absolute Gasteiger partial charge is 0.328 e. The smallest absolute Gasteiger partial charge is 0.0122 e. The van der Waals surface area contributed by atoms with Gasteiger partial charge in [-0.15, -0.1) is 0 Å². The zero-order valence-electron chi connectivity index (χ0n) is 9.15. The Kier molecular flexibility index (Phi) is 3.75. The third kappa shape index (κ3) is 3.33. The predicted octanol–water partition coefficient (Wildman–Crippen LogP) is 1.70. The van der Waals surface area contributed by atoms with Crippen molar-refractivity contribution in [2.24, 2.45) is 5.73 Å². The Hall–Kier alpha value is -0.860. The van der Waals surface area contributed by atoms with Gasteiger partial charge in [0.1, 0.15) is 0 Å². The molecule has 2 unspecified atom stereocenters. The van der Waals surface area contributed by atoms with Gasteiger partial charge in [0.2, 0.25) is 0 Å². The standard InChI is InChI=1S/C13H20N2/c14-12-7-4-8-15-13(10-12)9-11-5-2-1-3-6-11/h1-3,5-6,12-13,15H,4,7-10,14H2. The van der Waals surface area contributed by atoms with Crippen LogP contribution in [-0.2, 0) is 6.42 Å². The lowest BCUT2D eigenvalue weighted by molar-refractivity contribution is 0.478. The lowest BCUT2D eigenvalue weighted by Gasteiger charge is -2.18. The van der Waals surface area contributed by atoms with Gasteiger partial charge < -0.3 is 11.1 Å². The Morgan fingerprint density at radius 2 is 2.07 bits per heavy atom. The van der Waals surface area contributed by atoms with Gasteiger partial charge >= 0.3 is 0 Å². The van der Waals surface area contributed by atoms with Crippen LogP contribution >= 0.6 is 0 Å². The summed E-state index contributed by atoms with van der Waals surface area (Å²) in [6, 6.07) is 11.6. The van der Waals surface area contributed by atoms with Gasteiger partial charge in [-0.25, -0.2) is 0 Å². The minimum absolute atomic E-state index is 0.383. The molecule has 2 heteroatoms. The first-order chi connectivity index (χ1) is 7.34. The molecule has 1 aromatic carbocycles. The maximum absolute atomic E-state index is 6.04. The van der Waals surface area contributed by atoms with Crippen molar-refractivity contribution in [3.05, 3.63) is 35.9 Å². The fourth-order valence-electron chi connectivity index (χ4n) is 2.29. The number of hydrogen-bond donors (Lipinski definition) is 2. The molecule has 0 aromatic heterocycles. The second kappa shape index (κ2) is 5.29. The van der Waals surface area contributed by atoms with Crippen molar-refractivity contribution in [1.82, 2.24) is 5.32 Å². The summed E-state index contributed by atoms with van der Waals surface area (Å²) >= 11 is 0. The third-order valence-electron chi connectivity index (χ3n) is 3.10. The highest BCUT2D eigenvalue weighted by molar-refractivity contribution is 5.16. The molecule has 15 heavy (non-hydrogen) atoms. The summed E-state index contributed by atoms with van der Waals surface area (Å²) in [7, 11) is 0. The van der Waals surface area contributed by atoms with Gasteiger partial charge in [-0.2, -0.15) is 0 Å². The number of nitrogens with one attached hydrogen (secondary N) is 1. The van der Waals surface area contributed by atoms with Crippen LogP contribution in [0.25, 0.3) is 0 Å². The molecular weight excluding hydrogens is 184 g/mol. The molecule has 0 radical (unpaired) electrons. The molecule has 3 N–H and O–H groups in total. The number of nitrogens with two attached hydrogens (primary N) is 1. The molecule has 2 nitrogen and oxygen atoms in total. The second-order valence-electron chi connectivity index (χ2n) is 4.48. The molecule has 82 valence electrons. The number of hydrogen-bond acceptors (Lipinski definition) is 2. The van der Waals surface area contributed by atoms with Crippen LogP contribution in [0.3, 0.4) is 0 Å². The lowest BCUT2D eigenvalue weighted by Crippen LogP contribution is -2.34. The van der Waals surface area contributed by atoms with Crippen molar-refractivity contribution >= 4 is 0 Å². The SMILES string of the molecule is NC1CCCNC(Cc2ccccc2)C1. The lowest BCUT2D eigenvalue weighted by atomic mass is 9.99. The van der Waals surface area contributed by atoms with Crippen LogP contribution in [0.15, 0.2) is 30.3 Å². The van der Waals surface area contributed by atoms with E-state index in [0.717, 1.165) is 25.8 Å². The van der Waals surface area contributed by atoms with E-state index in [1.54, 1.807) is 0 Å². The summed E-state index contributed by atoms with van der Waals surface area (Å²) in [5.74, 6) is 0. The highest BCUT2D eigenvalue weighted by atomic mass is 14.9. The number of benzene rings is 1. The maximum atomic E-state index is 6.04. The van der Waals surface area contributed by atoms with Crippen molar-refractivity contribution in [3.8, 4) is 0 Å². The zero-order valence-corrected chi connectivity index (χ0v) is 9.15. The Balaban J connectivity index is 1.93. The van der Waals surface area contributed by atoms with Crippen LogP contribution in [-0.4, -0.2) is 18.6 Å². The average molecular weight is 204 g/mol. The zero-order chi connectivity index (χ0) is 10.5. The van der Waals surface area contributed by atoms with E-state index in [0.29, 0.717) is 12.1 Å². The summed E-state index contributed by atoms with van der Waals surface area (Å²) in [6.45, 7) is 1.12. The normalized spacial score (nSPS) is 27.3. The molecule has 1 aliphatic heterocycles. The Labute approximate surface area is 91.9 Å². The van der Waals surface area contributed by atoms with Gasteiger partial charge in [-0.1, -0.05) is 30.3 Å². The average Bonchev–Trinajstić information content (AvgIpc) is 2.44. The molecule has 0 spiro atoms. The second-order valence-corrected chi connectivity index (χ2v) is 4.48. The maximum Gasteiger partial charge on any atom is 0.0122 e. The first kappa shape index (κ1) is 10.7. The summed E-state index contributed by atoms with van der Waals surface area (Å²) in [4.78, 5) is 0. The molecule has 0 saturated carbocycles. The molecule has 0 bridgehead atoms. The van der Waals surface area contributed by atoms with E-state index in [-0.39, 0.29) is 0 Å². The quantitative estimate of drug-likeness (QED) is 0.769. The first-order valence-corrected chi connectivity index (χ1v) is 5.87. The Morgan fingerprint density at radius 1 is 1.27 bits per heavy atom. The minimum atomic E-state index is 0.383. The molecular formula is C13H20N2. The molecule has 1 saturated heterocycles. The number of rotatable bonds is 2. The summed E-state index contributed by atoms with van der Waals surface area (Å²) in [6.07, 6.45) is 4.59. The van der Waals surface area contributed by atoms with Gasteiger partial charge in [0.25, 0.3) is 0 Å². The molecule has 1 heterocycles. The van der Waals surface area contributed by atoms with Gasteiger partial charge in [0.05, 0.1) is 0 Å². The van der Waals surface area contributed by atoms with Gasteiger partial charge in [-0.3, -0.25) is 0 Å². The molecule has 1 aliphatic rings. The van der Waals surface area contributed by atoms with Crippen LogP contribution in [0.5, 0.6) is 0 Å². The molecule has 2 rings (SSSR count). The van der Waals surface area contributed by atoms with Crippen LogP contribution in [0.4, 0.5) is 0 Å². The Morgan fingerprint density at radius 3 is 2.87 bits per heavy atom. The van der Waals surface area contributed by atoms with E-state index in [4.69, 9.17) is 5.73 Å². The third-order valence-corrected chi connectivity index (χ3v) is 3.10. The van der Waals surface area contributed by atoms with Gasteiger partial charge in [-0.05, 0) is 37.8 Å². The van der Waals surface area contributed by atoms with E-state index in [1.807, 2.05) is 0 Å². The predicted molar refractivity (Wildman–Crippen MR) is 63.8 cm³/mol. The Bertz CT molecular complexity index is 284. The summed E-state index contributed by atoms with van der Waals surface area (Å²) in [5.41, 5.74) is 7.45. The summed E-state index contributed by atoms with van der Waals surface area (Å²) < 4.78 is 0. The van der Waals surface area contributed by atoms with Crippen LogP contribution in [0.2, 0.25) is 0 Å². The van der Waals surface area contributed by atoms with E-state index >= 15 is 0 Å². The van der Waals surface area contributed by atoms with Gasteiger partial charge in [0, 0.05) is 12.1 Å². The summed E-state index contributed by atoms with van der Waals surface area (Å²) in [5, 5.41) is 3.58. The highest BCUT2D eigenvalue weighted by Gasteiger charge is 2.16.